The summed E-state index contributed by atoms with van der Waals surface area (Å²) in [4.78, 5) is 36.3. The maximum absolute atomic E-state index is 12.0. The number of amides is 2. The fraction of sp³-hybridized carbons (Fsp3) is 0.308. The zero-order chi connectivity index (χ0) is 15.1. The van der Waals surface area contributed by atoms with Crippen molar-refractivity contribution in [2.75, 3.05) is 19.1 Å². The molecular formula is C13H13NO5S. The molecule has 0 atom stereocenters. The predicted molar refractivity (Wildman–Crippen MR) is 71.3 cm³/mol. The number of rotatable bonds is 3. The molecule has 0 radical (unpaired) electrons. The third-order valence-corrected chi connectivity index (χ3v) is 3.86. The molecule has 0 aromatic heterocycles. The van der Waals surface area contributed by atoms with E-state index in [1.165, 1.54) is 25.2 Å². The van der Waals surface area contributed by atoms with Gasteiger partial charge in [-0.25, -0.2) is 8.42 Å². The topological polar surface area (TPSA) is 88.6 Å². The minimum Gasteiger partial charge on any atom is -0.293 e. The van der Waals surface area contributed by atoms with Crippen LogP contribution >= 0.6 is 0 Å². The molecule has 0 aliphatic carbocycles. The lowest BCUT2D eigenvalue weighted by Crippen LogP contribution is -2.39. The fourth-order valence-electron chi connectivity index (χ4n) is 2.00. The molecule has 2 amide bonds. The van der Waals surface area contributed by atoms with E-state index in [1.807, 2.05) is 0 Å². The van der Waals surface area contributed by atoms with Crippen LogP contribution < -0.4 is 0 Å². The van der Waals surface area contributed by atoms with Crippen molar-refractivity contribution < 1.29 is 22.8 Å². The molecule has 106 valence electrons. The molecule has 2 rings (SSSR count). The number of carbonyl (C=O) groups excluding carboxylic acids is 3. The Morgan fingerprint density at radius 2 is 1.95 bits per heavy atom. The molecule has 0 fully saturated rings. The van der Waals surface area contributed by atoms with Gasteiger partial charge in [-0.1, -0.05) is 12.1 Å². The highest BCUT2D eigenvalue weighted by molar-refractivity contribution is 7.91. The third-order valence-electron chi connectivity index (χ3n) is 3.08. The molecule has 1 aromatic rings. The summed E-state index contributed by atoms with van der Waals surface area (Å²) in [7, 11) is -2.05. The number of carbonyl (C=O) groups is 3. The van der Waals surface area contributed by atoms with E-state index in [4.69, 9.17) is 0 Å². The molecule has 1 aliphatic heterocycles. The van der Waals surface area contributed by atoms with E-state index in [0.29, 0.717) is 5.56 Å². The third kappa shape index (κ3) is 2.77. The van der Waals surface area contributed by atoms with Crippen molar-refractivity contribution in [3.8, 4) is 0 Å². The summed E-state index contributed by atoms with van der Waals surface area (Å²) in [5.41, 5.74) is 0.978. The summed E-state index contributed by atoms with van der Waals surface area (Å²) in [6.07, 6.45) is 1.07. The summed E-state index contributed by atoms with van der Waals surface area (Å²) in [6.45, 7) is 0. The molecule has 0 saturated heterocycles. The lowest BCUT2D eigenvalue weighted by Gasteiger charge is -2.23. The number of imide groups is 1. The number of hydrogen-bond donors (Lipinski definition) is 0. The number of sulfone groups is 1. The minimum absolute atomic E-state index is 0.0954. The van der Waals surface area contributed by atoms with Gasteiger partial charge in [0.15, 0.2) is 15.6 Å². The standard InChI is InChI=1S/C13H13NO5S/c1-14-12(16)6-8-3-4-9(5-10(8)13(14)17)11(15)7-20(2,18)19/h3-5H,6-7H2,1-2H3. The maximum Gasteiger partial charge on any atom is 0.260 e. The van der Waals surface area contributed by atoms with Crippen molar-refractivity contribution in [3.05, 3.63) is 34.9 Å². The normalized spacial score (nSPS) is 15.2. The number of Topliss-reactive ketones (excluding diaryl/α,β-unsaturated/α-hetero) is 1. The van der Waals surface area contributed by atoms with Crippen LogP contribution in [-0.2, 0) is 21.1 Å². The van der Waals surface area contributed by atoms with Crippen LogP contribution in [0.2, 0.25) is 0 Å². The molecule has 1 aliphatic rings. The maximum atomic E-state index is 12.0. The van der Waals surface area contributed by atoms with Crippen LogP contribution in [0.3, 0.4) is 0 Å². The van der Waals surface area contributed by atoms with Gasteiger partial charge < -0.3 is 0 Å². The van der Waals surface area contributed by atoms with Crippen molar-refractivity contribution in [2.24, 2.45) is 0 Å². The molecule has 6 nitrogen and oxygen atoms in total. The van der Waals surface area contributed by atoms with Gasteiger partial charge in [-0.05, 0) is 11.6 Å². The fourth-order valence-corrected chi connectivity index (χ4v) is 2.64. The lowest BCUT2D eigenvalue weighted by atomic mass is 9.95. The minimum atomic E-state index is -3.42. The first kappa shape index (κ1) is 14.4. The number of benzene rings is 1. The van der Waals surface area contributed by atoms with Gasteiger partial charge in [-0.2, -0.15) is 0 Å². The Balaban J connectivity index is 2.40. The molecule has 0 spiro atoms. The van der Waals surface area contributed by atoms with Crippen LogP contribution in [0.1, 0.15) is 26.3 Å². The summed E-state index contributed by atoms with van der Waals surface area (Å²) >= 11 is 0. The van der Waals surface area contributed by atoms with Crippen molar-refractivity contribution >= 4 is 27.4 Å². The van der Waals surface area contributed by atoms with E-state index in [0.717, 1.165) is 11.2 Å². The first-order valence-electron chi connectivity index (χ1n) is 5.84. The first-order valence-corrected chi connectivity index (χ1v) is 7.90. The van der Waals surface area contributed by atoms with Crippen LogP contribution in [0.25, 0.3) is 0 Å². The Morgan fingerprint density at radius 3 is 2.55 bits per heavy atom. The van der Waals surface area contributed by atoms with Crippen LogP contribution in [0, 0.1) is 0 Å². The number of nitrogens with zero attached hydrogens (tertiary/aromatic N) is 1. The summed E-state index contributed by atoms with van der Waals surface area (Å²) in [6, 6.07) is 4.32. The smallest absolute Gasteiger partial charge is 0.260 e. The van der Waals surface area contributed by atoms with Crippen molar-refractivity contribution in [2.45, 2.75) is 6.42 Å². The molecule has 1 heterocycles. The second-order valence-electron chi connectivity index (χ2n) is 4.80. The van der Waals surface area contributed by atoms with Crippen LogP contribution in [0.15, 0.2) is 18.2 Å². The Hall–Kier alpha value is -2.02. The second kappa shape index (κ2) is 4.82. The van der Waals surface area contributed by atoms with Crippen LogP contribution in [0.4, 0.5) is 0 Å². The Labute approximate surface area is 116 Å². The van der Waals surface area contributed by atoms with Crippen molar-refractivity contribution in [1.82, 2.24) is 4.90 Å². The second-order valence-corrected chi connectivity index (χ2v) is 6.94. The number of fused-ring (bicyclic) bond motifs is 1. The Morgan fingerprint density at radius 1 is 1.30 bits per heavy atom. The predicted octanol–water partition coefficient (Wildman–Crippen LogP) is 0.0686. The summed E-state index contributed by atoms with van der Waals surface area (Å²) < 4.78 is 22.2. The molecular weight excluding hydrogens is 282 g/mol. The average Bonchev–Trinajstić information content (AvgIpc) is 2.34. The van der Waals surface area contributed by atoms with Crippen molar-refractivity contribution in [3.63, 3.8) is 0 Å². The molecule has 7 heteroatoms. The molecule has 0 unspecified atom stereocenters. The average molecular weight is 295 g/mol. The molecule has 0 N–H and O–H groups in total. The summed E-state index contributed by atoms with van der Waals surface area (Å²) in [5.74, 6) is -1.96. The number of likely N-dealkylation sites (N-methyl/N-ethyl adjacent to an activating group) is 1. The van der Waals surface area contributed by atoms with E-state index >= 15 is 0 Å². The summed E-state index contributed by atoms with van der Waals surface area (Å²) in [5, 5.41) is 0. The highest BCUT2D eigenvalue weighted by Gasteiger charge is 2.28. The Kier molecular flexibility index (Phi) is 3.47. The number of hydrogen-bond acceptors (Lipinski definition) is 5. The van der Waals surface area contributed by atoms with Gasteiger partial charge in [0, 0.05) is 24.4 Å². The van der Waals surface area contributed by atoms with Crippen LogP contribution in [-0.4, -0.2) is 50.0 Å². The highest BCUT2D eigenvalue weighted by atomic mass is 32.2. The van der Waals surface area contributed by atoms with Gasteiger partial charge in [0.25, 0.3) is 5.91 Å². The van der Waals surface area contributed by atoms with E-state index in [9.17, 15) is 22.8 Å². The van der Waals surface area contributed by atoms with Crippen molar-refractivity contribution in [1.29, 1.82) is 0 Å². The van der Waals surface area contributed by atoms with Gasteiger partial charge >= 0.3 is 0 Å². The van der Waals surface area contributed by atoms with E-state index in [1.54, 1.807) is 0 Å². The molecule has 1 aromatic carbocycles. The SMILES string of the molecule is CN1C(=O)Cc2ccc(C(=O)CS(C)(=O)=O)cc2C1=O. The molecule has 0 saturated carbocycles. The van der Waals surface area contributed by atoms with Gasteiger partial charge in [-0.3, -0.25) is 19.3 Å². The van der Waals surface area contributed by atoms with E-state index in [-0.39, 0.29) is 23.5 Å². The monoisotopic (exact) mass is 295 g/mol. The van der Waals surface area contributed by atoms with Gasteiger partial charge in [0.1, 0.15) is 5.75 Å². The van der Waals surface area contributed by atoms with Gasteiger partial charge in [-0.15, -0.1) is 0 Å². The largest absolute Gasteiger partial charge is 0.293 e. The van der Waals surface area contributed by atoms with Crippen LogP contribution in [0.5, 0.6) is 0 Å². The molecule has 20 heavy (non-hydrogen) atoms. The first-order chi connectivity index (χ1) is 9.19. The van der Waals surface area contributed by atoms with Gasteiger partial charge in [0.05, 0.1) is 6.42 Å². The number of ketones is 1. The zero-order valence-electron chi connectivity index (χ0n) is 11.0. The zero-order valence-corrected chi connectivity index (χ0v) is 11.9. The quantitative estimate of drug-likeness (QED) is 0.581. The molecule has 0 bridgehead atoms. The Bertz CT molecular complexity index is 720. The lowest BCUT2D eigenvalue weighted by molar-refractivity contribution is -0.127. The van der Waals surface area contributed by atoms with E-state index < -0.39 is 27.3 Å². The van der Waals surface area contributed by atoms with Gasteiger partial charge in [0.2, 0.25) is 5.91 Å². The van der Waals surface area contributed by atoms with E-state index in [2.05, 4.69) is 0 Å². The highest BCUT2D eigenvalue weighted by Crippen LogP contribution is 2.20.